The van der Waals surface area contributed by atoms with Crippen LogP contribution in [0.15, 0.2) is 48.7 Å². The Morgan fingerprint density at radius 2 is 1.96 bits per heavy atom. The second-order valence-electron chi connectivity index (χ2n) is 6.60. The van der Waals surface area contributed by atoms with Gasteiger partial charge in [0.2, 0.25) is 5.91 Å². The fourth-order valence-electron chi connectivity index (χ4n) is 3.15. The maximum absolute atomic E-state index is 13.9. The lowest BCUT2D eigenvalue weighted by Gasteiger charge is -2.10. The number of hydrogen-bond acceptors (Lipinski definition) is 3. The molecule has 2 aromatic carbocycles. The van der Waals surface area contributed by atoms with Gasteiger partial charge in [-0.3, -0.25) is 9.59 Å². The monoisotopic (exact) mass is 382 g/mol. The van der Waals surface area contributed by atoms with E-state index in [1.54, 1.807) is 31.3 Å². The molecule has 1 aliphatic rings. The summed E-state index contributed by atoms with van der Waals surface area (Å²) in [6, 6.07) is 9.43. The summed E-state index contributed by atoms with van der Waals surface area (Å²) in [5.74, 6) is -1.35. The number of nitrogens with one attached hydrogen (secondary N) is 2. The van der Waals surface area contributed by atoms with Gasteiger partial charge in [-0.25, -0.2) is 13.5 Å². The van der Waals surface area contributed by atoms with Crippen molar-refractivity contribution in [2.24, 2.45) is 0 Å². The predicted molar refractivity (Wildman–Crippen MR) is 99.7 cm³/mol. The third-order valence-electron chi connectivity index (χ3n) is 4.57. The van der Waals surface area contributed by atoms with Crippen LogP contribution in [-0.4, -0.2) is 21.6 Å². The second kappa shape index (κ2) is 6.88. The number of nitrogens with zero attached hydrogens (tertiary/aromatic N) is 2. The molecule has 0 saturated heterocycles. The van der Waals surface area contributed by atoms with Gasteiger partial charge in [-0.1, -0.05) is 18.2 Å². The Morgan fingerprint density at radius 1 is 1.21 bits per heavy atom. The van der Waals surface area contributed by atoms with E-state index in [1.165, 1.54) is 28.9 Å². The van der Waals surface area contributed by atoms with Gasteiger partial charge in [0.15, 0.2) is 0 Å². The Morgan fingerprint density at radius 3 is 2.68 bits per heavy atom. The van der Waals surface area contributed by atoms with Gasteiger partial charge in [-0.05, 0) is 42.3 Å². The maximum Gasteiger partial charge on any atom is 0.251 e. The van der Waals surface area contributed by atoms with Crippen LogP contribution in [0.2, 0.25) is 0 Å². The van der Waals surface area contributed by atoms with E-state index in [9.17, 15) is 18.4 Å². The van der Waals surface area contributed by atoms with Crippen LogP contribution in [0.4, 0.5) is 20.3 Å². The van der Waals surface area contributed by atoms with Crippen LogP contribution in [0.5, 0.6) is 0 Å². The molecule has 1 aromatic heterocycles. The number of benzene rings is 2. The summed E-state index contributed by atoms with van der Waals surface area (Å²) in [5, 5.41) is 9.40. The minimum Gasteiger partial charge on any atom is -0.324 e. The molecule has 1 unspecified atom stereocenters. The molecule has 142 valence electrons. The molecule has 0 bridgehead atoms. The highest BCUT2D eigenvalue weighted by atomic mass is 19.1. The van der Waals surface area contributed by atoms with Gasteiger partial charge in [-0.2, -0.15) is 5.10 Å². The Balaban J connectivity index is 1.53. The first kappa shape index (κ1) is 17.8. The van der Waals surface area contributed by atoms with E-state index in [4.69, 9.17) is 0 Å². The first-order valence-corrected chi connectivity index (χ1v) is 8.62. The summed E-state index contributed by atoms with van der Waals surface area (Å²) in [7, 11) is 0. The third-order valence-corrected chi connectivity index (χ3v) is 4.57. The normalized spacial score (nSPS) is 15.2. The van der Waals surface area contributed by atoms with Crippen LogP contribution < -0.4 is 10.6 Å². The molecule has 1 aliphatic heterocycles. The molecule has 0 spiro atoms. The molecule has 8 heteroatoms. The molecular weight excluding hydrogens is 366 g/mol. The molecule has 0 saturated carbocycles. The Labute approximate surface area is 159 Å². The van der Waals surface area contributed by atoms with Crippen molar-refractivity contribution < 1.29 is 18.4 Å². The van der Waals surface area contributed by atoms with Crippen LogP contribution in [0.25, 0.3) is 11.1 Å². The average molecular weight is 382 g/mol. The van der Waals surface area contributed by atoms with Crippen LogP contribution in [0.1, 0.15) is 18.0 Å². The lowest BCUT2D eigenvalue weighted by atomic mass is 10.1. The number of anilines is 2. The minimum atomic E-state index is -0.849. The van der Waals surface area contributed by atoms with E-state index in [0.717, 1.165) is 5.56 Å². The number of halogens is 2. The first-order valence-electron chi connectivity index (χ1n) is 8.62. The van der Waals surface area contributed by atoms with Gasteiger partial charge in [-0.15, -0.1) is 0 Å². The van der Waals surface area contributed by atoms with Gasteiger partial charge >= 0.3 is 0 Å². The van der Waals surface area contributed by atoms with E-state index in [1.807, 2.05) is 0 Å². The van der Waals surface area contributed by atoms with E-state index in [2.05, 4.69) is 15.7 Å². The third kappa shape index (κ3) is 3.24. The predicted octanol–water partition coefficient (Wildman–Crippen LogP) is 3.66. The van der Waals surface area contributed by atoms with Gasteiger partial charge in [0, 0.05) is 5.56 Å². The molecular formula is C20H16F2N4O2. The highest BCUT2D eigenvalue weighted by molar-refractivity contribution is 6.04. The number of carbonyl (C=O) groups is 2. The number of carbonyl (C=O) groups excluding carboxylic acids is 2. The fourth-order valence-corrected chi connectivity index (χ4v) is 3.15. The molecule has 3 aromatic rings. The average Bonchev–Trinajstić information content (AvgIpc) is 3.18. The van der Waals surface area contributed by atoms with Crippen molar-refractivity contribution in [3.05, 3.63) is 65.9 Å². The minimum absolute atomic E-state index is 0.0571. The second-order valence-corrected chi connectivity index (χ2v) is 6.60. The molecule has 0 aliphatic carbocycles. The number of aromatic nitrogens is 2. The molecule has 28 heavy (non-hydrogen) atoms. The van der Waals surface area contributed by atoms with Gasteiger partial charge in [0.25, 0.3) is 5.91 Å². The SMILES string of the molecule is Cc1ccc(NC(=O)CC2C(=O)Nc3c(-c4ccc(F)cc4)cnn32)c(F)c1. The smallest absolute Gasteiger partial charge is 0.251 e. The largest absolute Gasteiger partial charge is 0.324 e. The summed E-state index contributed by atoms with van der Waals surface area (Å²) in [6.07, 6.45) is 1.35. The molecule has 4 rings (SSSR count). The maximum atomic E-state index is 13.9. The Bertz CT molecular complexity index is 1080. The Kier molecular flexibility index (Phi) is 4.38. The van der Waals surface area contributed by atoms with Crippen LogP contribution in [0, 0.1) is 18.6 Å². The quantitative estimate of drug-likeness (QED) is 0.723. The zero-order chi connectivity index (χ0) is 19.8. The zero-order valence-corrected chi connectivity index (χ0v) is 14.9. The number of hydrogen-bond donors (Lipinski definition) is 2. The topological polar surface area (TPSA) is 76.0 Å². The highest BCUT2D eigenvalue weighted by Gasteiger charge is 2.35. The van der Waals surface area contributed by atoms with Crippen molar-refractivity contribution in [3.8, 4) is 11.1 Å². The van der Waals surface area contributed by atoms with Crippen molar-refractivity contribution in [2.75, 3.05) is 10.6 Å². The van der Waals surface area contributed by atoms with Crippen LogP contribution in [-0.2, 0) is 9.59 Å². The molecule has 0 radical (unpaired) electrons. The molecule has 2 heterocycles. The van der Waals surface area contributed by atoms with E-state index in [-0.39, 0.29) is 23.8 Å². The van der Waals surface area contributed by atoms with Gasteiger partial charge in [0.1, 0.15) is 23.5 Å². The Hall–Kier alpha value is -3.55. The lowest BCUT2D eigenvalue weighted by Crippen LogP contribution is -2.23. The molecule has 2 amide bonds. The number of rotatable bonds is 4. The molecule has 2 N–H and O–H groups in total. The van der Waals surface area contributed by atoms with Crippen molar-refractivity contribution >= 4 is 23.3 Å². The van der Waals surface area contributed by atoms with Crippen molar-refractivity contribution in [2.45, 2.75) is 19.4 Å². The van der Waals surface area contributed by atoms with Gasteiger partial charge < -0.3 is 10.6 Å². The summed E-state index contributed by atoms with van der Waals surface area (Å²) < 4.78 is 28.5. The van der Waals surface area contributed by atoms with Crippen LogP contribution in [0.3, 0.4) is 0 Å². The van der Waals surface area contributed by atoms with Crippen molar-refractivity contribution in [3.63, 3.8) is 0 Å². The fraction of sp³-hybridized carbons (Fsp3) is 0.150. The van der Waals surface area contributed by atoms with E-state index >= 15 is 0 Å². The summed E-state index contributed by atoms with van der Waals surface area (Å²) >= 11 is 0. The molecule has 0 fully saturated rings. The summed E-state index contributed by atoms with van der Waals surface area (Å²) in [6.45, 7) is 1.75. The van der Waals surface area contributed by atoms with Gasteiger partial charge in [0.05, 0.1) is 18.3 Å². The first-order chi connectivity index (χ1) is 13.4. The van der Waals surface area contributed by atoms with E-state index in [0.29, 0.717) is 16.9 Å². The number of fused-ring (bicyclic) bond motifs is 1. The van der Waals surface area contributed by atoms with Crippen LogP contribution >= 0.6 is 0 Å². The lowest BCUT2D eigenvalue weighted by molar-refractivity contribution is -0.123. The highest BCUT2D eigenvalue weighted by Crippen LogP contribution is 2.35. The number of aryl methyl sites for hydroxylation is 1. The standard InChI is InChI=1S/C20H16F2N4O2/c1-11-2-7-16(15(22)8-11)24-18(27)9-17-20(28)25-19-14(10-23-26(17)19)12-3-5-13(21)6-4-12/h2-8,10,17H,9H2,1H3,(H,24,27)(H,25,28). The zero-order valence-electron chi connectivity index (χ0n) is 14.9. The molecule has 1 atom stereocenters. The van der Waals surface area contributed by atoms with Crippen molar-refractivity contribution in [1.29, 1.82) is 0 Å². The summed E-state index contributed by atoms with van der Waals surface area (Å²) in [4.78, 5) is 24.7. The number of amides is 2. The summed E-state index contributed by atoms with van der Waals surface area (Å²) in [5.41, 5.74) is 2.11. The van der Waals surface area contributed by atoms with Crippen molar-refractivity contribution in [1.82, 2.24) is 9.78 Å². The van der Waals surface area contributed by atoms with E-state index < -0.39 is 17.8 Å². The molecule has 6 nitrogen and oxygen atoms in total.